The van der Waals surface area contributed by atoms with Crippen LogP contribution in [0.3, 0.4) is 0 Å². The highest BCUT2D eigenvalue weighted by atomic mass is 16.6. The molecule has 0 N–H and O–H groups in total. The second-order valence-electron chi connectivity index (χ2n) is 4.19. The molecule has 1 amide bonds. The molecule has 96 valence electrons. The Morgan fingerprint density at radius 2 is 2.17 bits per heavy atom. The van der Waals surface area contributed by atoms with Crippen molar-refractivity contribution in [3.63, 3.8) is 0 Å². The van der Waals surface area contributed by atoms with Gasteiger partial charge in [0.05, 0.1) is 12.0 Å². The van der Waals surface area contributed by atoms with Crippen LogP contribution in [0.1, 0.15) is 18.1 Å². The predicted molar refractivity (Wildman–Crippen MR) is 64.4 cm³/mol. The van der Waals surface area contributed by atoms with Crippen LogP contribution in [0.4, 0.5) is 5.69 Å². The normalized spacial score (nSPS) is 14.0. The molecular formula is C12H14N2O4. The van der Waals surface area contributed by atoms with E-state index in [2.05, 4.69) is 0 Å². The smallest absolute Gasteiger partial charge is 0.273 e. The van der Waals surface area contributed by atoms with Crippen molar-refractivity contribution < 1.29 is 14.5 Å². The first-order valence-corrected chi connectivity index (χ1v) is 5.63. The van der Waals surface area contributed by atoms with Crippen molar-refractivity contribution in [2.45, 2.75) is 19.9 Å². The number of methoxy groups -OCH3 is 1. The van der Waals surface area contributed by atoms with Gasteiger partial charge in [0.25, 0.3) is 5.69 Å². The number of hydrogen-bond acceptors (Lipinski definition) is 4. The van der Waals surface area contributed by atoms with E-state index in [0.717, 1.165) is 5.56 Å². The van der Waals surface area contributed by atoms with Gasteiger partial charge < -0.3 is 9.64 Å². The molecule has 0 unspecified atom stereocenters. The quantitative estimate of drug-likeness (QED) is 0.589. The molecule has 0 atom stereocenters. The summed E-state index contributed by atoms with van der Waals surface area (Å²) in [6.07, 6.45) is 0.489. The van der Waals surface area contributed by atoms with Crippen molar-refractivity contribution in [2.75, 3.05) is 13.7 Å². The maximum Gasteiger partial charge on any atom is 0.273 e. The van der Waals surface area contributed by atoms with Crippen LogP contribution in [0.5, 0.6) is 5.75 Å². The van der Waals surface area contributed by atoms with E-state index in [1.54, 1.807) is 11.0 Å². The number of carbonyl (C=O) groups is 1. The molecule has 0 saturated carbocycles. The molecule has 2 rings (SSSR count). The number of nitrogens with zero attached hydrogens (tertiary/aromatic N) is 2. The van der Waals surface area contributed by atoms with Crippen LogP contribution >= 0.6 is 0 Å². The second-order valence-corrected chi connectivity index (χ2v) is 4.19. The van der Waals surface area contributed by atoms with Crippen LogP contribution in [0.25, 0.3) is 0 Å². The largest absolute Gasteiger partial charge is 0.496 e. The molecular weight excluding hydrogens is 236 g/mol. The Kier molecular flexibility index (Phi) is 3.18. The zero-order valence-electron chi connectivity index (χ0n) is 10.3. The molecule has 0 aromatic heterocycles. The fourth-order valence-corrected chi connectivity index (χ4v) is 2.26. The molecule has 1 heterocycles. The van der Waals surface area contributed by atoms with E-state index < -0.39 is 0 Å². The van der Waals surface area contributed by atoms with Crippen LogP contribution < -0.4 is 4.74 Å². The fraction of sp³-hybridized carbons (Fsp3) is 0.417. The molecule has 1 aromatic rings. The van der Waals surface area contributed by atoms with E-state index in [9.17, 15) is 14.9 Å². The summed E-state index contributed by atoms with van der Waals surface area (Å²) < 4.78 is 5.21. The van der Waals surface area contributed by atoms with Gasteiger partial charge in [0, 0.05) is 37.2 Å². The number of benzene rings is 1. The molecule has 0 spiro atoms. The maximum absolute atomic E-state index is 11.4. The first kappa shape index (κ1) is 12.3. The standard InChI is InChI=1S/C12H14N2O4/c1-8(15)13-6-5-9-10(7-13)12(18-2)4-3-11(9)14(16)17/h3-4H,5-7H2,1-2H3. The van der Waals surface area contributed by atoms with Gasteiger partial charge in [-0.2, -0.15) is 0 Å². The number of carbonyl (C=O) groups excluding carboxylic acids is 1. The molecule has 1 aromatic carbocycles. The van der Waals surface area contributed by atoms with Gasteiger partial charge in [-0.3, -0.25) is 14.9 Å². The van der Waals surface area contributed by atoms with Gasteiger partial charge in [-0.25, -0.2) is 0 Å². The molecule has 0 aliphatic carbocycles. The molecule has 0 fully saturated rings. The van der Waals surface area contributed by atoms with Crippen molar-refractivity contribution in [1.29, 1.82) is 0 Å². The molecule has 6 heteroatoms. The lowest BCUT2D eigenvalue weighted by molar-refractivity contribution is -0.385. The topological polar surface area (TPSA) is 72.7 Å². The summed E-state index contributed by atoms with van der Waals surface area (Å²) >= 11 is 0. The third-order valence-electron chi connectivity index (χ3n) is 3.21. The Bertz CT molecular complexity index is 513. The number of rotatable bonds is 2. The van der Waals surface area contributed by atoms with Crippen molar-refractivity contribution in [2.24, 2.45) is 0 Å². The molecule has 0 bridgehead atoms. The van der Waals surface area contributed by atoms with Crippen LogP contribution in [-0.2, 0) is 17.8 Å². The van der Waals surface area contributed by atoms with E-state index in [0.29, 0.717) is 30.8 Å². The first-order valence-electron chi connectivity index (χ1n) is 5.63. The number of nitro groups is 1. The minimum Gasteiger partial charge on any atom is -0.496 e. The van der Waals surface area contributed by atoms with E-state index in [1.165, 1.54) is 20.1 Å². The number of nitro benzene ring substituents is 1. The number of fused-ring (bicyclic) bond motifs is 1. The zero-order chi connectivity index (χ0) is 13.3. The summed E-state index contributed by atoms with van der Waals surface area (Å²) in [6.45, 7) is 2.38. The summed E-state index contributed by atoms with van der Waals surface area (Å²) in [4.78, 5) is 23.6. The van der Waals surface area contributed by atoms with Crippen molar-refractivity contribution in [3.8, 4) is 5.75 Å². The van der Waals surface area contributed by atoms with Crippen LogP contribution in [0.15, 0.2) is 12.1 Å². The predicted octanol–water partition coefficient (Wildman–Crippen LogP) is 1.51. The molecule has 0 saturated heterocycles. The first-order chi connectivity index (χ1) is 8.54. The third kappa shape index (κ3) is 2.01. The highest BCUT2D eigenvalue weighted by Crippen LogP contribution is 2.34. The van der Waals surface area contributed by atoms with Crippen LogP contribution in [0.2, 0.25) is 0 Å². The Balaban J connectivity index is 2.50. The lowest BCUT2D eigenvalue weighted by atomic mass is 9.97. The molecule has 0 radical (unpaired) electrons. The third-order valence-corrected chi connectivity index (χ3v) is 3.21. The van der Waals surface area contributed by atoms with E-state index >= 15 is 0 Å². The monoisotopic (exact) mass is 250 g/mol. The Labute approximate surface area is 104 Å². The second kappa shape index (κ2) is 4.64. The van der Waals surface area contributed by atoms with Crippen LogP contribution in [0, 0.1) is 10.1 Å². The summed E-state index contributed by atoms with van der Waals surface area (Å²) in [5.74, 6) is 0.566. The number of amides is 1. The van der Waals surface area contributed by atoms with Gasteiger partial charge in [-0.15, -0.1) is 0 Å². The Morgan fingerprint density at radius 1 is 1.44 bits per heavy atom. The Hall–Kier alpha value is -2.11. The Morgan fingerprint density at radius 3 is 2.72 bits per heavy atom. The highest BCUT2D eigenvalue weighted by Gasteiger charge is 2.27. The molecule has 6 nitrogen and oxygen atoms in total. The van der Waals surface area contributed by atoms with Gasteiger partial charge in [0.1, 0.15) is 5.75 Å². The van der Waals surface area contributed by atoms with Gasteiger partial charge in [-0.05, 0) is 12.5 Å². The van der Waals surface area contributed by atoms with Gasteiger partial charge in [0.15, 0.2) is 0 Å². The lowest BCUT2D eigenvalue weighted by Gasteiger charge is -2.28. The van der Waals surface area contributed by atoms with Crippen molar-refractivity contribution in [1.82, 2.24) is 4.90 Å². The summed E-state index contributed by atoms with van der Waals surface area (Å²) in [5.41, 5.74) is 1.53. The average molecular weight is 250 g/mol. The minimum absolute atomic E-state index is 0.0331. The maximum atomic E-state index is 11.4. The van der Waals surface area contributed by atoms with Gasteiger partial charge in [-0.1, -0.05) is 0 Å². The van der Waals surface area contributed by atoms with Gasteiger partial charge >= 0.3 is 0 Å². The lowest BCUT2D eigenvalue weighted by Crippen LogP contribution is -2.34. The van der Waals surface area contributed by atoms with E-state index in [-0.39, 0.29) is 16.5 Å². The highest BCUT2D eigenvalue weighted by molar-refractivity contribution is 5.74. The molecule has 1 aliphatic rings. The number of hydrogen-bond donors (Lipinski definition) is 0. The van der Waals surface area contributed by atoms with Gasteiger partial charge in [0.2, 0.25) is 5.91 Å². The van der Waals surface area contributed by atoms with Crippen molar-refractivity contribution in [3.05, 3.63) is 33.4 Å². The SMILES string of the molecule is COc1ccc([N+](=O)[O-])c2c1CN(C(C)=O)CC2. The van der Waals surface area contributed by atoms with E-state index in [1.807, 2.05) is 0 Å². The zero-order valence-corrected chi connectivity index (χ0v) is 10.3. The fourth-order valence-electron chi connectivity index (χ4n) is 2.26. The summed E-state index contributed by atoms with van der Waals surface area (Å²) in [5, 5.41) is 11.0. The van der Waals surface area contributed by atoms with Crippen molar-refractivity contribution >= 4 is 11.6 Å². The minimum atomic E-state index is -0.387. The molecule has 1 aliphatic heterocycles. The average Bonchev–Trinajstić information content (AvgIpc) is 2.36. The summed E-state index contributed by atoms with van der Waals surface area (Å²) in [7, 11) is 1.52. The van der Waals surface area contributed by atoms with Crippen LogP contribution in [-0.4, -0.2) is 29.4 Å². The number of ether oxygens (including phenoxy) is 1. The summed E-state index contributed by atoms with van der Waals surface area (Å²) in [6, 6.07) is 3.04. The van der Waals surface area contributed by atoms with E-state index in [4.69, 9.17) is 4.74 Å². The molecule has 18 heavy (non-hydrogen) atoms.